The van der Waals surface area contributed by atoms with Gasteiger partial charge in [0.25, 0.3) is 0 Å². The minimum absolute atomic E-state index is 0.391. The maximum absolute atomic E-state index is 8.98. The summed E-state index contributed by atoms with van der Waals surface area (Å²) in [6.45, 7) is 1.82. The molecule has 0 unspecified atom stereocenters. The van der Waals surface area contributed by atoms with Crippen LogP contribution in [0, 0.1) is 18.3 Å². The van der Waals surface area contributed by atoms with Gasteiger partial charge in [0.15, 0.2) is 5.69 Å². The highest BCUT2D eigenvalue weighted by Crippen LogP contribution is 2.30. The van der Waals surface area contributed by atoms with Crippen molar-refractivity contribution in [1.29, 1.82) is 5.26 Å². The molecule has 1 heterocycles. The molecule has 0 amide bonds. The topological polar surface area (TPSA) is 61.7 Å². The molecule has 1 aromatic carbocycles. The molecule has 4 nitrogen and oxygen atoms in total. The highest BCUT2D eigenvalue weighted by Gasteiger charge is 2.13. The molecule has 4 heteroatoms. The zero-order valence-electron chi connectivity index (χ0n) is 9.11. The van der Waals surface area contributed by atoms with Crippen LogP contribution >= 0.6 is 0 Å². The molecule has 0 saturated carbocycles. The van der Waals surface area contributed by atoms with Gasteiger partial charge in [-0.2, -0.15) is 5.26 Å². The van der Waals surface area contributed by atoms with Crippen LogP contribution in [0.3, 0.4) is 0 Å². The highest BCUT2D eigenvalue weighted by atomic mass is 16.5. The number of hydrogen-bond donors (Lipinski definition) is 1. The van der Waals surface area contributed by atoms with E-state index in [9.17, 15) is 0 Å². The lowest BCUT2D eigenvalue weighted by Crippen LogP contribution is -1.89. The van der Waals surface area contributed by atoms with Crippen molar-refractivity contribution in [2.24, 2.45) is 0 Å². The second kappa shape index (κ2) is 4.07. The summed E-state index contributed by atoms with van der Waals surface area (Å²) in [7, 11) is 1.61. The average molecular weight is 213 g/mol. The molecular formula is C12H11N3O. The molecule has 0 radical (unpaired) electrons. The van der Waals surface area contributed by atoms with Crippen molar-refractivity contribution < 1.29 is 4.74 Å². The summed E-state index contributed by atoms with van der Waals surface area (Å²) < 4.78 is 5.25. The molecule has 0 saturated heterocycles. The summed E-state index contributed by atoms with van der Waals surface area (Å²) in [4.78, 5) is 7.18. The van der Waals surface area contributed by atoms with Crippen LogP contribution in [-0.2, 0) is 0 Å². The molecule has 0 atom stereocenters. The number of nitrogens with zero attached hydrogens (tertiary/aromatic N) is 2. The van der Waals surface area contributed by atoms with E-state index in [1.165, 1.54) is 0 Å². The van der Waals surface area contributed by atoms with Gasteiger partial charge in [0.05, 0.1) is 12.8 Å². The van der Waals surface area contributed by atoms with E-state index in [2.05, 4.69) is 16.0 Å². The minimum atomic E-state index is 0.391. The van der Waals surface area contributed by atoms with Gasteiger partial charge in [0.1, 0.15) is 17.6 Å². The fourth-order valence-corrected chi connectivity index (χ4v) is 1.62. The number of benzene rings is 1. The number of rotatable bonds is 2. The van der Waals surface area contributed by atoms with E-state index in [1.807, 2.05) is 31.2 Å². The van der Waals surface area contributed by atoms with Crippen LogP contribution < -0.4 is 4.74 Å². The molecule has 80 valence electrons. The lowest BCUT2D eigenvalue weighted by molar-refractivity contribution is 0.416. The first-order chi connectivity index (χ1) is 7.76. The normalized spacial score (nSPS) is 9.81. The number of methoxy groups -OCH3 is 1. The Labute approximate surface area is 93.5 Å². The summed E-state index contributed by atoms with van der Waals surface area (Å²) in [5, 5.41) is 8.98. The van der Waals surface area contributed by atoms with Crippen molar-refractivity contribution in [3.05, 3.63) is 35.8 Å². The van der Waals surface area contributed by atoms with Gasteiger partial charge < -0.3 is 9.72 Å². The number of nitrogens with one attached hydrogen (secondary N) is 1. The number of para-hydroxylation sites is 1. The predicted octanol–water partition coefficient (Wildman–Crippen LogP) is 2.27. The van der Waals surface area contributed by atoms with E-state index < -0.39 is 0 Å². The fourth-order valence-electron chi connectivity index (χ4n) is 1.62. The first-order valence-electron chi connectivity index (χ1n) is 4.86. The molecule has 0 spiro atoms. The molecule has 0 aliphatic heterocycles. The molecule has 0 fully saturated rings. The SMILES string of the molecule is COc1ccccc1-c1[nH]c(C)nc1C#N. The number of aromatic nitrogens is 2. The molecule has 2 rings (SSSR count). The van der Waals surface area contributed by atoms with E-state index in [0.29, 0.717) is 11.4 Å². The van der Waals surface area contributed by atoms with Gasteiger partial charge in [-0.3, -0.25) is 0 Å². The van der Waals surface area contributed by atoms with E-state index >= 15 is 0 Å². The van der Waals surface area contributed by atoms with E-state index in [4.69, 9.17) is 10.00 Å². The van der Waals surface area contributed by atoms with Crippen LogP contribution in [0.5, 0.6) is 5.75 Å². The smallest absolute Gasteiger partial charge is 0.166 e. The average Bonchev–Trinajstić information content (AvgIpc) is 2.70. The van der Waals surface area contributed by atoms with Crippen molar-refractivity contribution in [3.63, 3.8) is 0 Å². The van der Waals surface area contributed by atoms with Gasteiger partial charge in [-0.05, 0) is 19.1 Å². The monoisotopic (exact) mass is 213 g/mol. The lowest BCUT2D eigenvalue weighted by atomic mass is 10.1. The van der Waals surface area contributed by atoms with Crippen molar-refractivity contribution in [3.8, 4) is 23.1 Å². The number of H-pyrrole nitrogens is 1. The van der Waals surface area contributed by atoms with Gasteiger partial charge >= 0.3 is 0 Å². The summed E-state index contributed by atoms with van der Waals surface area (Å²) in [5.41, 5.74) is 1.95. The summed E-state index contributed by atoms with van der Waals surface area (Å²) >= 11 is 0. The zero-order valence-corrected chi connectivity index (χ0v) is 9.11. The molecule has 1 N–H and O–H groups in total. The van der Waals surface area contributed by atoms with Gasteiger partial charge in [-0.15, -0.1) is 0 Å². The van der Waals surface area contributed by atoms with Crippen LogP contribution in [0.25, 0.3) is 11.3 Å². The summed E-state index contributed by atoms with van der Waals surface area (Å²) in [5.74, 6) is 1.44. The van der Waals surface area contributed by atoms with Crippen LogP contribution in [0.4, 0.5) is 0 Å². The highest BCUT2D eigenvalue weighted by molar-refractivity contribution is 5.71. The Morgan fingerprint density at radius 3 is 2.81 bits per heavy atom. The predicted molar refractivity (Wildman–Crippen MR) is 60.0 cm³/mol. The Morgan fingerprint density at radius 1 is 1.38 bits per heavy atom. The third kappa shape index (κ3) is 1.63. The number of imidazole rings is 1. The van der Waals surface area contributed by atoms with Crippen molar-refractivity contribution in [2.75, 3.05) is 7.11 Å². The number of ether oxygens (including phenoxy) is 1. The van der Waals surface area contributed by atoms with Crippen LogP contribution in [-0.4, -0.2) is 17.1 Å². The van der Waals surface area contributed by atoms with E-state index in [0.717, 1.165) is 17.1 Å². The Kier molecular flexibility index (Phi) is 2.61. The fraction of sp³-hybridized carbons (Fsp3) is 0.167. The number of nitriles is 1. The Balaban J connectivity index is 2.63. The van der Waals surface area contributed by atoms with Gasteiger partial charge in [0, 0.05) is 5.56 Å². The third-order valence-electron chi connectivity index (χ3n) is 2.30. The van der Waals surface area contributed by atoms with Gasteiger partial charge in [-0.1, -0.05) is 12.1 Å². The Morgan fingerprint density at radius 2 is 2.12 bits per heavy atom. The van der Waals surface area contributed by atoms with Crippen molar-refractivity contribution in [2.45, 2.75) is 6.92 Å². The molecule has 0 bridgehead atoms. The molecular weight excluding hydrogens is 202 g/mol. The maximum Gasteiger partial charge on any atom is 0.166 e. The maximum atomic E-state index is 8.98. The Bertz CT molecular complexity index is 552. The van der Waals surface area contributed by atoms with Crippen molar-refractivity contribution in [1.82, 2.24) is 9.97 Å². The number of aromatic amines is 1. The summed E-state index contributed by atoms with van der Waals surface area (Å²) in [6, 6.07) is 9.60. The lowest BCUT2D eigenvalue weighted by Gasteiger charge is -2.05. The molecule has 0 aliphatic carbocycles. The zero-order chi connectivity index (χ0) is 11.5. The number of hydrogen-bond acceptors (Lipinski definition) is 3. The first-order valence-corrected chi connectivity index (χ1v) is 4.86. The first kappa shape index (κ1) is 10.2. The second-order valence-electron chi connectivity index (χ2n) is 3.36. The van der Waals surface area contributed by atoms with Crippen LogP contribution in [0.1, 0.15) is 11.5 Å². The molecule has 16 heavy (non-hydrogen) atoms. The molecule has 2 aromatic rings. The van der Waals surface area contributed by atoms with E-state index in [-0.39, 0.29) is 0 Å². The van der Waals surface area contributed by atoms with E-state index in [1.54, 1.807) is 7.11 Å². The van der Waals surface area contributed by atoms with Crippen molar-refractivity contribution >= 4 is 0 Å². The Hall–Kier alpha value is -2.28. The largest absolute Gasteiger partial charge is 0.496 e. The van der Waals surface area contributed by atoms with Gasteiger partial charge in [0.2, 0.25) is 0 Å². The van der Waals surface area contributed by atoms with Crippen LogP contribution in [0.15, 0.2) is 24.3 Å². The van der Waals surface area contributed by atoms with Gasteiger partial charge in [-0.25, -0.2) is 4.98 Å². The standard InChI is InChI=1S/C12H11N3O/c1-8-14-10(7-13)12(15-8)9-5-3-4-6-11(9)16-2/h3-6H,1-2H3,(H,14,15). The minimum Gasteiger partial charge on any atom is -0.496 e. The molecule has 1 aromatic heterocycles. The van der Waals surface area contributed by atoms with Crippen LogP contribution in [0.2, 0.25) is 0 Å². The second-order valence-corrected chi connectivity index (χ2v) is 3.36. The summed E-state index contributed by atoms with van der Waals surface area (Å²) in [6.07, 6.45) is 0. The third-order valence-corrected chi connectivity index (χ3v) is 2.30. The molecule has 0 aliphatic rings. The quantitative estimate of drug-likeness (QED) is 0.832. The number of aryl methyl sites for hydroxylation is 1.